The number of hydrogen-bond donors (Lipinski definition) is 0. The molecule has 2 aromatic carbocycles. The van der Waals surface area contributed by atoms with Gasteiger partial charge in [0, 0.05) is 17.4 Å². The number of ether oxygens (including phenoxy) is 2. The molecule has 0 bridgehead atoms. The lowest BCUT2D eigenvalue weighted by atomic mass is 10.2. The number of carbonyl (C=O) groups excluding carboxylic acids is 2. The third-order valence-electron chi connectivity index (χ3n) is 2.82. The Hall–Kier alpha value is -2.13. The molecule has 0 spiro atoms. The molecular formula is C22H30AlO5. The van der Waals surface area contributed by atoms with E-state index in [2.05, 4.69) is 0 Å². The standard InChI is InChI=1S/2C11H14O2.Al.H2O/c2*1-11(2,3)13-10(12)9-7-5-4-6-8-9;;/h2*4-8H,1-3H3;;1H2. The van der Waals surface area contributed by atoms with Gasteiger partial charge in [0.2, 0.25) is 0 Å². The molecule has 6 heteroatoms. The molecule has 0 atom stereocenters. The molecule has 0 aliphatic rings. The summed E-state index contributed by atoms with van der Waals surface area (Å²) in [6, 6.07) is 18.0. The molecule has 0 fully saturated rings. The van der Waals surface area contributed by atoms with Crippen LogP contribution in [0.4, 0.5) is 0 Å². The number of carbonyl (C=O) groups is 2. The van der Waals surface area contributed by atoms with E-state index < -0.39 is 11.2 Å². The minimum Gasteiger partial charge on any atom is -0.456 e. The Kier molecular flexibility index (Phi) is 12.4. The van der Waals surface area contributed by atoms with E-state index in [1.54, 1.807) is 24.3 Å². The van der Waals surface area contributed by atoms with Crippen molar-refractivity contribution in [2.75, 3.05) is 0 Å². The van der Waals surface area contributed by atoms with Crippen LogP contribution in [0, 0.1) is 0 Å². The summed E-state index contributed by atoms with van der Waals surface area (Å²) in [5.41, 5.74) is 0.342. The molecule has 0 amide bonds. The maximum Gasteiger partial charge on any atom is 0.338 e. The van der Waals surface area contributed by atoms with Gasteiger partial charge in [0.05, 0.1) is 11.1 Å². The van der Waals surface area contributed by atoms with Crippen LogP contribution in [-0.4, -0.2) is 46.0 Å². The van der Waals surface area contributed by atoms with Crippen molar-refractivity contribution in [1.29, 1.82) is 0 Å². The lowest BCUT2D eigenvalue weighted by Crippen LogP contribution is -2.23. The molecule has 0 aliphatic carbocycles. The van der Waals surface area contributed by atoms with Gasteiger partial charge in [-0.3, -0.25) is 0 Å². The van der Waals surface area contributed by atoms with Gasteiger partial charge in [-0.25, -0.2) is 9.59 Å². The second kappa shape index (κ2) is 12.4. The van der Waals surface area contributed by atoms with Gasteiger partial charge in [-0.2, -0.15) is 0 Å². The minimum atomic E-state index is -0.424. The highest BCUT2D eigenvalue weighted by molar-refractivity contribution is 5.90. The van der Waals surface area contributed by atoms with Crippen molar-refractivity contribution in [2.45, 2.75) is 52.7 Å². The Morgan fingerprint density at radius 1 is 0.607 bits per heavy atom. The Balaban J connectivity index is 0. The smallest absolute Gasteiger partial charge is 0.338 e. The summed E-state index contributed by atoms with van der Waals surface area (Å²) in [5, 5.41) is 0. The molecule has 0 heterocycles. The monoisotopic (exact) mass is 401 g/mol. The zero-order valence-electron chi connectivity index (χ0n) is 17.5. The summed E-state index contributed by atoms with van der Waals surface area (Å²) in [6.45, 7) is 11.1. The van der Waals surface area contributed by atoms with E-state index in [-0.39, 0.29) is 34.8 Å². The third-order valence-corrected chi connectivity index (χ3v) is 2.82. The molecule has 28 heavy (non-hydrogen) atoms. The van der Waals surface area contributed by atoms with Crippen molar-refractivity contribution in [2.24, 2.45) is 0 Å². The van der Waals surface area contributed by atoms with Crippen LogP contribution < -0.4 is 0 Å². The first-order valence-electron chi connectivity index (χ1n) is 8.55. The maximum atomic E-state index is 11.4. The van der Waals surface area contributed by atoms with Crippen LogP contribution in [0.2, 0.25) is 0 Å². The van der Waals surface area contributed by atoms with Crippen LogP contribution in [-0.2, 0) is 9.47 Å². The molecule has 0 saturated carbocycles. The van der Waals surface area contributed by atoms with Gasteiger partial charge in [0.15, 0.2) is 0 Å². The van der Waals surface area contributed by atoms with Gasteiger partial charge >= 0.3 is 11.9 Å². The lowest BCUT2D eigenvalue weighted by Gasteiger charge is -2.19. The quantitative estimate of drug-likeness (QED) is 0.561. The summed E-state index contributed by atoms with van der Waals surface area (Å²) in [7, 11) is 0. The highest BCUT2D eigenvalue weighted by Crippen LogP contribution is 2.12. The van der Waals surface area contributed by atoms with Crippen molar-refractivity contribution in [3.8, 4) is 0 Å². The maximum absolute atomic E-state index is 11.4. The van der Waals surface area contributed by atoms with Gasteiger partial charge in [-0.05, 0) is 65.8 Å². The fourth-order valence-corrected chi connectivity index (χ4v) is 1.82. The van der Waals surface area contributed by atoms with Crippen molar-refractivity contribution >= 4 is 29.3 Å². The van der Waals surface area contributed by atoms with Crippen LogP contribution in [0.25, 0.3) is 0 Å². The molecule has 2 N–H and O–H groups in total. The largest absolute Gasteiger partial charge is 0.456 e. The van der Waals surface area contributed by atoms with E-state index in [4.69, 9.17) is 9.47 Å². The molecule has 0 unspecified atom stereocenters. The van der Waals surface area contributed by atoms with Crippen molar-refractivity contribution in [3.63, 3.8) is 0 Å². The second-order valence-electron chi connectivity index (χ2n) is 7.74. The Morgan fingerprint density at radius 3 is 1.07 bits per heavy atom. The van der Waals surface area contributed by atoms with Gasteiger partial charge in [-0.1, -0.05) is 36.4 Å². The molecule has 0 aliphatic heterocycles. The van der Waals surface area contributed by atoms with Gasteiger partial charge in [0.1, 0.15) is 11.2 Å². The fourth-order valence-electron chi connectivity index (χ4n) is 1.82. The van der Waals surface area contributed by atoms with Gasteiger partial charge in [0.25, 0.3) is 0 Å². The highest BCUT2D eigenvalue weighted by atomic mass is 27.0. The van der Waals surface area contributed by atoms with Crippen LogP contribution in [0.5, 0.6) is 0 Å². The van der Waals surface area contributed by atoms with Crippen molar-refractivity contribution < 1.29 is 24.5 Å². The van der Waals surface area contributed by atoms with E-state index in [1.807, 2.05) is 77.9 Å². The average Bonchev–Trinajstić information content (AvgIpc) is 2.54. The molecule has 3 radical (unpaired) electrons. The highest BCUT2D eigenvalue weighted by Gasteiger charge is 2.17. The number of benzene rings is 2. The van der Waals surface area contributed by atoms with Crippen molar-refractivity contribution in [1.82, 2.24) is 0 Å². The van der Waals surface area contributed by atoms with Crippen molar-refractivity contribution in [3.05, 3.63) is 71.8 Å². The van der Waals surface area contributed by atoms with E-state index >= 15 is 0 Å². The molecule has 0 aromatic heterocycles. The van der Waals surface area contributed by atoms with E-state index in [1.165, 1.54) is 0 Å². The van der Waals surface area contributed by atoms with Gasteiger partial charge < -0.3 is 14.9 Å². The number of esters is 2. The number of hydrogen-bond acceptors (Lipinski definition) is 4. The first-order valence-corrected chi connectivity index (χ1v) is 8.55. The van der Waals surface area contributed by atoms with Crippen LogP contribution in [0.15, 0.2) is 60.7 Å². The normalized spacial score (nSPS) is 10.2. The van der Waals surface area contributed by atoms with Crippen LogP contribution >= 0.6 is 0 Å². The van der Waals surface area contributed by atoms with Crippen LogP contribution in [0.1, 0.15) is 62.3 Å². The summed E-state index contributed by atoms with van der Waals surface area (Å²) in [4.78, 5) is 22.9. The predicted molar refractivity (Wildman–Crippen MR) is 113 cm³/mol. The molecular weight excluding hydrogens is 371 g/mol. The Labute approximate surface area is 178 Å². The second-order valence-corrected chi connectivity index (χ2v) is 7.74. The fraction of sp³-hybridized carbons (Fsp3) is 0.364. The van der Waals surface area contributed by atoms with Gasteiger partial charge in [-0.15, -0.1) is 0 Å². The van der Waals surface area contributed by atoms with E-state index in [0.717, 1.165) is 0 Å². The zero-order chi connectivity index (χ0) is 19.8. The Bertz CT molecular complexity index is 638. The molecule has 0 saturated heterocycles. The topological polar surface area (TPSA) is 84.1 Å². The molecule has 2 rings (SSSR count). The predicted octanol–water partition coefficient (Wildman–Crippen LogP) is 4.08. The summed E-state index contributed by atoms with van der Waals surface area (Å²) >= 11 is 0. The van der Waals surface area contributed by atoms with Crippen LogP contribution in [0.3, 0.4) is 0 Å². The molecule has 2 aromatic rings. The third kappa shape index (κ3) is 12.3. The first kappa shape index (κ1) is 28.1. The molecule has 151 valence electrons. The number of rotatable bonds is 2. The summed E-state index contributed by atoms with van der Waals surface area (Å²) in [5.74, 6) is -0.541. The first-order chi connectivity index (χ1) is 12.0. The Morgan fingerprint density at radius 2 is 0.857 bits per heavy atom. The molecule has 5 nitrogen and oxygen atoms in total. The lowest BCUT2D eigenvalue weighted by molar-refractivity contribution is 0.00570. The summed E-state index contributed by atoms with van der Waals surface area (Å²) < 4.78 is 10.4. The SMILES string of the molecule is CC(C)(C)OC(=O)c1ccccc1.CC(C)(C)OC(=O)c1ccccc1.O.[Al]. The van der Waals surface area contributed by atoms with E-state index in [9.17, 15) is 9.59 Å². The minimum absolute atomic E-state index is 0. The average molecular weight is 401 g/mol. The summed E-state index contributed by atoms with van der Waals surface area (Å²) in [6.07, 6.45) is 0. The zero-order valence-corrected chi connectivity index (χ0v) is 18.6. The van der Waals surface area contributed by atoms with E-state index in [0.29, 0.717) is 11.1 Å².